The van der Waals surface area contributed by atoms with Crippen molar-refractivity contribution < 1.29 is 14.3 Å². The van der Waals surface area contributed by atoms with Gasteiger partial charge < -0.3 is 30.4 Å². The summed E-state index contributed by atoms with van der Waals surface area (Å²) < 4.78 is 15.2. The molecule has 2 aliphatic heterocycles. The third-order valence-corrected chi connectivity index (χ3v) is 11.9. The lowest BCUT2D eigenvalue weighted by Gasteiger charge is -2.40. The minimum absolute atomic E-state index is 0.175. The zero-order valence-electron chi connectivity index (χ0n) is 31.0. The molecule has 0 aliphatic carbocycles. The second-order valence-corrected chi connectivity index (χ2v) is 15.7. The molecule has 6 aromatic rings. The lowest BCUT2D eigenvalue weighted by Crippen LogP contribution is -2.48. The smallest absolute Gasteiger partial charge is 0.264 e. The number of hydrogen-bond acceptors (Lipinski definition) is 7. The first kappa shape index (κ1) is 36.4. The van der Waals surface area contributed by atoms with Crippen molar-refractivity contribution in [1.82, 2.24) is 14.6 Å². The van der Waals surface area contributed by atoms with Crippen LogP contribution in [0, 0.1) is 5.92 Å². The fourth-order valence-electron chi connectivity index (χ4n) is 7.61. The Morgan fingerprint density at radius 2 is 1.60 bits per heavy atom. The van der Waals surface area contributed by atoms with Crippen LogP contribution in [0.15, 0.2) is 132 Å². The molecule has 2 aliphatic rings. The average Bonchev–Trinajstić information content (AvgIpc) is 3.70. The summed E-state index contributed by atoms with van der Waals surface area (Å²) in [6.45, 7) is 5.91. The van der Waals surface area contributed by atoms with E-state index >= 15 is 0 Å². The van der Waals surface area contributed by atoms with Crippen molar-refractivity contribution >= 4 is 50.4 Å². The molecule has 9 nitrogen and oxygen atoms in total. The van der Waals surface area contributed by atoms with Crippen LogP contribution in [0.1, 0.15) is 40.4 Å². The molecule has 0 radical (unpaired) electrons. The first-order chi connectivity index (χ1) is 27.0. The molecule has 3 heterocycles. The van der Waals surface area contributed by atoms with E-state index in [1.807, 2.05) is 66.9 Å². The Balaban J connectivity index is 0.997. The third kappa shape index (κ3) is 8.57. The second kappa shape index (κ2) is 16.9. The minimum atomic E-state index is -0.858. The van der Waals surface area contributed by atoms with Crippen LogP contribution in [-0.2, 0) is 4.74 Å². The number of piperazine rings is 1. The maximum atomic E-state index is 14.0. The number of rotatable bonds is 12. The Bertz CT molecular complexity index is 2210. The summed E-state index contributed by atoms with van der Waals surface area (Å²) in [5.74, 6) is 5.76. The lowest BCUT2D eigenvalue weighted by molar-refractivity contribution is 0.0699. The van der Waals surface area contributed by atoms with Gasteiger partial charge in [0.05, 0.1) is 23.0 Å². The fraction of sp³-hybridized carbons (Fsp3) is 0.244. The number of H-pyrrole nitrogens is 1. The predicted octanol–water partition coefficient (Wildman–Crippen LogP) is 8.70. The highest BCUT2D eigenvalue weighted by Gasteiger charge is 2.27. The Morgan fingerprint density at radius 3 is 2.31 bits per heavy atom. The molecular formula is C45H48N6O3S. The summed E-state index contributed by atoms with van der Waals surface area (Å²) in [7, 11) is -0.858. The number of carbonyl (C=O) groups excluding carboxylic acids is 1. The summed E-state index contributed by atoms with van der Waals surface area (Å²) >= 11 is 0. The van der Waals surface area contributed by atoms with Gasteiger partial charge >= 0.3 is 0 Å². The van der Waals surface area contributed by atoms with Gasteiger partial charge in [-0.2, -0.15) is 0 Å². The van der Waals surface area contributed by atoms with Crippen molar-refractivity contribution in [2.75, 3.05) is 61.9 Å². The number of carbonyl (C=O) groups is 1. The molecule has 282 valence electrons. The maximum Gasteiger partial charge on any atom is 0.264 e. The van der Waals surface area contributed by atoms with Crippen molar-refractivity contribution in [1.29, 1.82) is 0 Å². The van der Waals surface area contributed by atoms with Crippen LogP contribution in [0.5, 0.6) is 11.5 Å². The molecule has 8 rings (SSSR count). The normalized spacial score (nSPS) is 15.9. The van der Waals surface area contributed by atoms with Crippen LogP contribution in [0.3, 0.4) is 0 Å². The van der Waals surface area contributed by atoms with Crippen LogP contribution < -0.4 is 25.4 Å². The molecule has 1 aromatic heterocycles. The van der Waals surface area contributed by atoms with Gasteiger partial charge in [0.15, 0.2) is 0 Å². The fourth-order valence-corrected chi connectivity index (χ4v) is 8.56. The van der Waals surface area contributed by atoms with Gasteiger partial charge in [0.25, 0.3) is 5.91 Å². The standard InChI is InChI=1S/C45H48N6O3S/c1-55(38-14-17-42(40(46)30-38)48-31-32-19-26-53-27-20-32)49-45(52)39-15-12-36(29-43(39)54-37-13-16-41-35(28-37)18-21-47-41)50-22-24-51(25-23-50)44(33-8-4-2-5-9-33)34-10-6-3-7-11-34/h2-18,21,28-30,32,44,47-48H,1,19-20,22-27,31,46H2,(H,49,52). The first-order valence-corrected chi connectivity index (χ1v) is 20.4. The van der Waals surface area contributed by atoms with E-state index in [0.29, 0.717) is 28.7 Å². The van der Waals surface area contributed by atoms with Gasteiger partial charge in [-0.3, -0.25) is 14.4 Å². The molecule has 2 saturated heterocycles. The number of nitrogens with zero attached hydrogens (tertiary/aromatic N) is 2. The second-order valence-electron chi connectivity index (χ2n) is 14.3. The molecule has 0 saturated carbocycles. The molecule has 1 amide bonds. The number of anilines is 3. The highest BCUT2D eigenvalue weighted by Crippen LogP contribution is 2.36. The van der Waals surface area contributed by atoms with Crippen LogP contribution in [0.2, 0.25) is 0 Å². The van der Waals surface area contributed by atoms with Gasteiger partial charge in [-0.1, -0.05) is 77.2 Å². The summed E-state index contributed by atoms with van der Waals surface area (Å²) in [6.07, 6.45) is 4.01. The summed E-state index contributed by atoms with van der Waals surface area (Å²) in [6, 6.07) is 41.3. The topological polar surface area (TPSA) is 108 Å². The number of aromatic nitrogens is 1. The highest BCUT2D eigenvalue weighted by molar-refractivity contribution is 8.12. The quantitative estimate of drug-likeness (QED) is 0.0732. The zero-order chi connectivity index (χ0) is 37.6. The predicted molar refractivity (Wildman–Crippen MR) is 227 cm³/mol. The van der Waals surface area contributed by atoms with E-state index in [0.717, 1.165) is 86.0 Å². The van der Waals surface area contributed by atoms with E-state index in [-0.39, 0.29) is 11.9 Å². The first-order valence-electron chi connectivity index (χ1n) is 19.0. The van der Waals surface area contributed by atoms with Crippen molar-refractivity contribution in [3.05, 3.63) is 144 Å². The van der Waals surface area contributed by atoms with Crippen LogP contribution in [0.4, 0.5) is 17.1 Å². The van der Waals surface area contributed by atoms with Gasteiger partial charge in [-0.25, -0.2) is 0 Å². The number of amides is 1. The molecule has 10 heteroatoms. The number of benzene rings is 5. The molecular weight excluding hydrogens is 705 g/mol. The van der Waals surface area contributed by atoms with E-state index in [4.69, 9.17) is 15.2 Å². The van der Waals surface area contributed by atoms with Crippen molar-refractivity contribution in [3.8, 4) is 11.5 Å². The maximum absolute atomic E-state index is 14.0. The summed E-state index contributed by atoms with van der Waals surface area (Å²) in [5, 5.41) is 4.53. The number of fused-ring (bicyclic) bond motifs is 1. The largest absolute Gasteiger partial charge is 0.456 e. The lowest BCUT2D eigenvalue weighted by atomic mass is 9.96. The highest BCUT2D eigenvalue weighted by atomic mass is 32.2. The van der Waals surface area contributed by atoms with E-state index in [1.165, 1.54) is 11.1 Å². The molecule has 55 heavy (non-hydrogen) atoms. The van der Waals surface area contributed by atoms with Gasteiger partial charge in [-0.05, 0) is 84.5 Å². The minimum Gasteiger partial charge on any atom is -0.456 e. The van der Waals surface area contributed by atoms with Gasteiger partial charge in [0.2, 0.25) is 0 Å². The van der Waals surface area contributed by atoms with Crippen LogP contribution >= 0.6 is 10.7 Å². The van der Waals surface area contributed by atoms with Crippen molar-refractivity contribution in [2.24, 2.45) is 5.92 Å². The van der Waals surface area contributed by atoms with Gasteiger partial charge in [-0.15, -0.1) is 0 Å². The van der Waals surface area contributed by atoms with Gasteiger partial charge in [0, 0.05) is 79.7 Å². The molecule has 5 aromatic carbocycles. The number of nitrogens with one attached hydrogen (secondary N) is 3. The molecule has 0 spiro atoms. The number of aromatic amines is 1. The van der Waals surface area contributed by atoms with Crippen LogP contribution in [0.25, 0.3) is 10.9 Å². The molecule has 0 bridgehead atoms. The number of nitrogens with two attached hydrogens (primary N) is 1. The molecule has 1 unspecified atom stereocenters. The summed E-state index contributed by atoms with van der Waals surface area (Å²) in [4.78, 5) is 23.0. The van der Waals surface area contributed by atoms with Crippen LogP contribution in [-0.4, -0.2) is 67.6 Å². The SMILES string of the molecule is C=S(NC(=O)c1ccc(N2CCN(C(c3ccccc3)c3ccccc3)CC2)cc1Oc1ccc2[nH]ccc2c1)c1ccc(NCC2CCOCC2)c(N)c1. The van der Waals surface area contributed by atoms with Crippen molar-refractivity contribution in [3.63, 3.8) is 0 Å². The molecule has 5 N–H and O–H groups in total. The average molecular weight is 753 g/mol. The monoisotopic (exact) mass is 752 g/mol. The number of hydrogen-bond donors (Lipinski definition) is 4. The van der Waals surface area contributed by atoms with Gasteiger partial charge in [0.1, 0.15) is 11.5 Å². The molecule has 2 fully saturated rings. The number of ether oxygens (including phenoxy) is 2. The zero-order valence-corrected chi connectivity index (χ0v) is 31.8. The Hall–Kier alpha value is -5.55. The van der Waals surface area contributed by atoms with E-state index in [1.54, 1.807) is 0 Å². The Kier molecular flexibility index (Phi) is 11.2. The number of nitrogen functional groups attached to an aromatic ring is 1. The van der Waals surface area contributed by atoms with E-state index < -0.39 is 10.7 Å². The van der Waals surface area contributed by atoms with E-state index in [2.05, 4.69) is 91.4 Å². The van der Waals surface area contributed by atoms with Crippen molar-refractivity contribution in [2.45, 2.75) is 23.8 Å². The Morgan fingerprint density at radius 1 is 0.873 bits per heavy atom. The Labute approximate surface area is 325 Å². The summed E-state index contributed by atoms with van der Waals surface area (Å²) in [5.41, 5.74) is 13.0. The van der Waals surface area contributed by atoms with E-state index in [9.17, 15) is 4.79 Å². The molecule has 1 atom stereocenters. The third-order valence-electron chi connectivity index (χ3n) is 10.7.